The normalized spacial score (nSPS) is 13.8. The summed E-state index contributed by atoms with van der Waals surface area (Å²) in [5, 5.41) is 7.10. The largest absolute Gasteiger partial charge is 0.342 e. The van der Waals surface area contributed by atoms with Crippen LogP contribution in [0.1, 0.15) is 22.5 Å². The highest BCUT2D eigenvalue weighted by molar-refractivity contribution is 7.12. The van der Waals surface area contributed by atoms with Crippen LogP contribution in [0.3, 0.4) is 0 Å². The van der Waals surface area contributed by atoms with Gasteiger partial charge in [-0.15, -0.1) is 11.3 Å². The molecule has 0 spiro atoms. The van der Waals surface area contributed by atoms with Gasteiger partial charge in [0, 0.05) is 24.3 Å². The molecule has 1 aliphatic rings. The van der Waals surface area contributed by atoms with Crippen LogP contribution in [0.5, 0.6) is 0 Å². The number of carbonyl (C=O) groups excluding carboxylic acids is 3. The highest BCUT2D eigenvalue weighted by Gasteiger charge is 2.21. The Kier molecular flexibility index (Phi) is 4.90. The lowest BCUT2D eigenvalue weighted by atomic mass is 10.2. The molecule has 1 saturated heterocycles. The van der Waals surface area contributed by atoms with Gasteiger partial charge in [-0.1, -0.05) is 6.07 Å². The van der Waals surface area contributed by atoms with Crippen LogP contribution in [0.4, 0.5) is 11.4 Å². The Balaban J connectivity index is 1.51. The van der Waals surface area contributed by atoms with Gasteiger partial charge in [-0.05, 0) is 42.1 Å². The molecule has 0 saturated carbocycles. The number of carbonyl (C=O) groups is 3. The molecule has 0 bridgehead atoms. The number of nitrogens with one attached hydrogen (secondary N) is 2. The zero-order valence-electron chi connectivity index (χ0n) is 13.0. The number of anilines is 2. The van der Waals surface area contributed by atoms with Crippen LogP contribution in [-0.2, 0) is 9.59 Å². The van der Waals surface area contributed by atoms with E-state index < -0.39 is 0 Å². The van der Waals surface area contributed by atoms with E-state index >= 15 is 0 Å². The third-order valence-corrected chi connectivity index (χ3v) is 4.56. The molecule has 0 radical (unpaired) electrons. The summed E-state index contributed by atoms with van der Waals surface area (Å²) in [7, 11) is 0. The quantitative estimate of drug-likeness (QED) is 0.874. The third kappa shape index (κ3) is 3.80. The number of nitrogens with zero attached hydrogens (tertiary/aromatic N) is 1. The molecule has 1 aliphatic heterocycles. The molecule has 3 rings (SSSR count). The van der Waals surface area contributed by atoms with Crippen molar-refractivity contribution in [3.8, 4) is 0 Å². The standard InChI is InChI=1S/C17H17N3O3S/c21-15(11-18-17(23)14-3-2-10-24-14)19-12-5-7-13(8-6-12)20-9-1-4-16(20)22/h2-3,5-8,10H,1,4,9,11H2,(H,18,23)(H,19,21). The molecule has 1 fully saturated rings. The van der Waals surface area contributed by atoms with E-state index in [1.165, 1.54) is 11.3 Å². The van der Waals surface area contributed by atoms with Crippen LogP contribution in [0, 0.1) is 0 Å². The molecule has 1 aromatic carbocycles. The van der Waals surface area contributed by atoms with Gasteiger partial charge in [0.1, 0.15) is 0 Å². The highest BCUT2D eigenvalue weighted by atomic mass is 32.1. The van der Waals surface area contributed by atoms with Crippen molar-refractivity contribution in [2.45, 2.75) is 12.8 Å². The van der Waals surface area contributed by atoms with E-state index in [9.17, 15) is 14.4 Å². The summed E-state index contributed by atoms with van der Waals surface area (Å²) in [5.74, 6) is -0.434. The fourth-order valence-electron chi connectivity index (χ4n) is 2.51. The lowest BCUT2D eigenvalue weighted by molar-refractivity contribution is -0.117. The smallest absolute Gasteiger partial charge is 0.261 e. The SMILES string of the molecule is O=C(CNC(=O)c1cccs1)Nc1ccc(N2CCCC2=O)cc1. The van der Waals surface area contributed by atoms with Gasteiger partial charge in [0.25, 0.3) is 5.91 Å². The monoisotopic (exact) mass is 343 g/mol. The summed E-state index contributed by atoms with van der Waals surface area (Å²) in [6.07, 6.45) is 1.46. The van der Waals surface area contributed by atoms with Gasteiger partial charge in [-0.25, -0.2) is 0 Å². The number of amides is 3. The van der Waals surface area contributed by atoms with Gasteiger partial charge in [-0.2, -0.15) is 0 Å². The molecule has 2 N–H and O–H groups in total. The van der Waals surface area contributed by atoms with Crippen molar-refractivity contribution in [3.63, 3.8) is 0 Å². The predicted octanol–water partition coefficient (Wildman–Crippen LogP) is 2.24. The molecule has 124 valence electrons. The Bertz CT molecular complexity index is 741. The maximum Gasteiger partial charge on any atom is 0.261 e. The van der Waals surface area contributed by atoms with Gasteiger partial charge in [0.15, 0.2) is 0 Å². The molecule has 1 aromatic heterocycles. The predicted molar refractivity (Wildman–Crippen MR) is 93.3 cm³/mol. The topological polar surface area (TPSA) is 78.5 Å². The molecule has 2 heterocycles. The first kappa shape index (κ1) is 16.2. The highest BCUT2D eigenvalue weighted by Crippen LogP contribution is 2.22. The van der Waals surface area contributed by atoms with Gasteiger partial charge >= 0.3 is 0 Å². The van der Waals surface area contributed by atoms with E-state index in [2.05, 4.69) is 10.6 Å². The van der Waals surface area contributed by atoms with Crippen molar-refractivity contribution in [2.75, 3.05) is 23.3 Å². The van der Waals surface area contributed by atoms with E-state index in [1.807, 2.05) is 17.5 Å². The first-order valence-electron chi connectivity index (χ1n) is 7.65. The van der Waals surface area contributed by atoms with Crippen molar-refractivity contribution < 1.29 is 14.4 Å². The van der Waals surface area contributed by atoms with Crippen LogP contribution in [0.2, 0.25) is 0 Å². The first-order valence-corrected chi connectivity index (χ1v) is 8.53. The summed E-state index contributed by atoms with van der Waals surface area (Å²) >= 11 is 1.32. The molecule has 24 heavy (non-hydrogen) atoms. The summed E-state index contributed by atoms with van der Waals surface area (Å²) < 4.78 is 0. The van der Waals surface area contributed by atoms with Gasteiger partial charge in [-0.3, -0.25) is 14.4 Å². The van der Waals surface area contributed by atoms with Crippen LogP contribution in [0.25, 0.3) is 0 Å². The summed E-state index contributed by atoms with van der Waals surface area (Å²) in [6.45, 7) is 0.641. The minimum absolute atomic E-state index is 0.0942. The Morgan fingerprint density at radius 3 is 2.58 bits per heavy atom. The third-order valence-electron chi connectivity index (χ3n) is 3.69. The average Bonchev–Trinajstić information content (AvgIpc) is 3.25. The molecule has 2 aromatic rings. The lowest BCUT2D eigenvalue weighted by Gasteiger charge is -2.16. The minimum atomic E-state index is -0.301. The number of rotatable bonds is 5. The van der Waals surface area contributed by atoms with Gasteiger partial charge in [0.2, 0.25) is 11.8 Å². The van der Waals surface area contributed by atoms with E-state index in [1.54, 1.807) is 29.2 Å². The number of benzene rings is 1. The van der Waals surface area contributed by atoms with Crippen molar-refractivity contribution in [1.29, 1.82) is 0 Å². The molecule has 7 heteroatoms. The fourth-order valence-corrected chi connectivity index (χ4v) is 3.15. The van der Waals surface area contributed by atoms with E-state index in [0.717, 1.165) is 18.7 Å². The molecule has 0 atom stereocenters. The number of hydrogen-bond acceptors (Lipinski definition) is 4. The Hall–Kier alpha value is -2.67. The minimum Gasteiger partial charge on any atom is -0.342 e. The van der Waals surface area contributed by atoms with E-state index in [4.69, 9.17) is 0 Å². The molecule has 3 amide bonds. The Morgan fingerprint density at radius 1 is 1.17 bits per heavy atom. The zero-order valence-corrected chi connectivity index (χ0v) is 13.8. The van der Waals surface area contributed by atoms with Crippen LogP contribution < -0.4 is 15.5 Å². The lowest BCUT2D eigenvalue weighted by Crippen LogP contribution is -2.32. The second kappa shape index (κ2) is 7.27. The Labute approximate surface area is 143 Å². The molecule has 6 nitrogen and oxygen atoms in total. The maximum absolute atomic E-state index is 11.9. The zero-order chi connectivity index (χ0) is 16.9. The van der Waals surface area contributed by atoms with Crippen LogP contribution in [0.15, 0.2) is 41.8 Å². The van der Waals surface area contributed by atoms with Crippen molar-refractivity contribution >= 4 is 40.4 Å². The average molecular weight is 343 g/mol. The molecule has 0 unspecified atom stereocenters. The van der Waals surface area contributed by atoms with Gasteiger partial charge < -0.3 is 15.5 Å². The molecule has 0 aliphatic carbocycles. The van der Waals surface area contributed by atoms with Crippen LogP contribution >= 0.6 is 11.3 Å². The van der Waals surface area contributed by atoms with Crippen molar-refractivity contribution in [2.24, 2.45) is 0 Å². The summed E-state index contributed by atoms with van der Waals surface area (Å²) in [4.78, 5) is 37.7. The van der Waals surface area contributed by atoms with E-state index in [0.29, 0.717) is 17.0 Å². The number of hydrogen-bond donors (Lipinski definition) is 2. The molecular weight excluding hydrogens is 326 g/mol. The summed E-state index contributed by atoms with van der Waals surface area (Å²) in [6, 6.07) is 10.6. The summed E-state index contributed by atoms with van der Waals surface area (Å²) in [5.41, 5.74) is 1.46. The fraction of sp³-hybridized carbons (Fsp3) is 0.235. The second-order valence-corrected chi connectivity index (χ2v) is 6.35. The van der Waals surface area contributed by atoms with Crippen molar-refractivity contribution in [3.05, 3.63) is 46.7 Å². The van der Waals surface area contributed by atoms with Crippen LogP contribution in [-0.4, -0.2) is 30.8 Å². The maximum atomic E-state index is 11.9. The van der Waals surface area contributed by atoms with E-state index in [-0.39, 0.29) is 24.3 Å². The Morgan fingerprint density at radius 2 is 1.96 bits per heavy atom. The first-order chi connectivity index (χ1) is 11.6. The second-order valence-electron chi connectivity index (χ2n) is 5.40. The molecular formula is C17H17N3O3S. The van der Waals surface area contributed by atoms with Gasteiger partial charge in [0.05, 0.1) is 11.4 Å². The number of thiophene rings is 1. The van der Waals surface area contributed by atoms with Crippen molar-refractivity contribution in [1.82, 2.24) is 5.32 Å².